The van der Waals surface area contributed by atoms with Crippen molar-refractivity contribution in [2.45, 2.75) is 37.9 Å². The Hall–Kier alpha value is -1.68. The van der Waals surface area contributed by atoms with Gasteiger partial charge < -0.3 is 9.47 Å². The van der Waals surface area contributed by atoms with E-state index in [1.165, 1.54) is 0 Å². The van der Waals surface area contributed by atoms with Crippen molar-refractivity contribution in [2.75, 3.05) is 13.2 Å². The van der Waals surface area contributed by atoms with Gasteiger partial charge >= 0.3 is 0 Å². The number of ether oxygens (including phenoxy) is 2. The predicted molar refractivity (Wildman–Crippen MR) is 98.1 cm³/mol. The van der Waals surface area contributed by atoms with Crippen LogP contribution in [0.15, 0.2) is 53.6 Å². The molecule has 2 aliphatic carbocycles. The highest BCUT2D eigenvalue weighted by atomic mass is 35.5. The number of halogens is 1. The lowest BCUT2D eigenvalue weighted by Gasteiger charge is -2.25. The van der Waals surface area contributed by atoms with Crippen LogP contribution in [-0.2, 0) is 15.9 Å². The third-order valence-electron chi connectivity index (χ3n) is 5.01. The molecule has 1 atom stereocenters. The van der Waals surface area contributed by atoms with Crippen molar-refractivity contribution < 1.29 is 14.3 Å². The van der Waals surface area contributed by atoms with Crippen molar-refractivity contribution >= 4 is 17.4 Å². The number of allylic oxidation sites excluding steroid dienone is 4. The minimum Gasteiger partial charge on any atom is -0.381 e. The molecule has 0 bridgehead atoms. The van der Waals surface area contributed by atoms with E-state index in [0.29, 0.717) is 5.02 Å². The molecule has 1 fully saturated rings. The Morgan fingerprint density at radius 1 is 1.16 bits per heavy atom. The minimum absolute atomic E-state index is 0.0757. The maximum Gasteiger partial charge on any atom is 0.193 e. The van der Waals surface area contributed by atoms with Gasteiger partial charge in [0.15, 0.2) is 5.78 Å². The maximum absolute atomic E-state index is 13.0. The summed E-state index contributed by atoms with van der Waals surface area (Å²) in [7, 11) is 0. The van der Waals surface area contributed by atoms with Gasteiger partial charge in [-0.1, -0.05) is 29.8 Å². The highest BCUT2D eigenvalue weighted by Gasteiger charge is 2.26. The van der Waals surface area contributed by atoms with Crippen LogP contribution in [0.1, 0.15) is 35.2 Å². The van der Waals surface area contributed by atoms with Crippen molar-refractivity contribution in [2.24, 2.45) is 0 Å². The summed E-state index contributed by atoms with van der Waals surface area (Å²) in [5.74, 6) is 0.0757. The Kier molecular flexibility index (Phi) is 4.89. The van der Waals surface area contributed by atoms with Crippen LogP contribution < -0.4 is 0 Å². The van der Waals surface area contributed by atoms with Gasteiger partial charge in [0.2, 0.25) is 0 Å². The fourth-order valence-electron chi connectivity index (χ4n) is 3.68. The molecule has 0 aromatic heterocycles. The zero-order chi connectivity index (χ0) is 17.2. The number of ketones is 1. The van der Waals surface area contributed by atoms with E-state index in [0.717, 1.165) is 61.2 Å². The number of Topliss-reactive ketones (excluding diaryl/α,β-unsaturated/α-hetero) is 1. The first-order chi connectivity index (χ1) is 12.2. The van der Waals surface area contributed by atoms with Crippen LogP contribution in [0.2, 0.25) is 5.02 Å². The SMILES string of the molecule is O=C1C2=CC=CC(OC3CCOCC3)C=C2CCc2cc(Cl)ccc21. The minimum atomic E-state index is -0.0931. The van der Waals surface area contributed by atoms with Crippen LogP contribution in [0.5, 0.6) is 0 Å². The molecular weight excluding hydrogens is 336 g/mol. The summed E-state index contributed by atoms with van der Waals surface area (Å²) in [6.45, 7) is 1.52. The van der Waals surface area contributed by atoms with Crippen LogP contribution in [0.4, 0.5) is 0 Å². The van der Waals surface area contributed by atoms with Gasteiger partial charge in [-0.15, -0.1) is 0 Å². The first kappa shape index (κ1) is 16.8. The summed E-state index contributed by atoms with van der Waals surface area (Å²) in [6, 6.07) is 5.54. The number of fused-ring (bicyclic) bond motifs is 2. The molecule has 130 valence electrons. The molecule has 4 rings (SSSR count). The number of carbonyl (C=O) groups excluding carboxylic acids is 1. The normalized spacial score (nSPS) is 23.9. The second-order valence-electron chi connectivity index (χ2n) is 6.70. The van der Waals surface area contributed by atoms with Crippen molar-refractivity contribution in [1.29, 1.82) is 0 Å². The molecule has 3 aliphatic rings. The standard InChI is InChI=1S/C21H21ClO3/c22-16-6-7-20-14(12-16)4-5-15-13-18(2-1-3-19(15)21(20)23)25-17-8-10-24-11-9-17/h1-3,6-7,12-13,17-18H,4-5,8-11H2. The lowest BCUT2D eigenvalue weighted by molar-refractivity contribution is -0.0408. The number of hydrogen-bond acceptors (Lipinski definition) is 3. The fraction of sp³-hybridized carbons (Fsp3) is 0.381. The van der Waals surface area contributed by atoms with E-state index < -0.39 is 0 Å². The monoisotopic (exact) mass is 356 g/mol. The largest absolute Gasteiger partial charge is 0.381 e. The Labute approximate surface area is 153 Å². The molecule has 0 spiro atoms. The van der Waals surface area contributed by atoms with Crippen LogP contribution >= 0.6 is 11.6 Å². The van der Waals surface area contributed by atoms with Gasteiger partial charge in [0.1, 0.15) is 0 Å². The molecule has 1 aromatic carbocycles. The zero-order valence-corrected chi connectivity index (χ0v) is 14.8. The number of rotatable bonds is 2. The van der Waals surface area contributed by atoms with E-state index in [-0.39, 0.29) is 18.0 Å². The Balaban J connectivity index is 1.60. The molecule has 3 nitrogen and oxygen atoms in total. The van der Waals surface area contributed by atoms with E-state index in [2.05, 4.69) is 6.08 Å². The highest BCUT2D eigenvalue weighted by molar-refractivity contribution is 6.31. The quantitative estimate of drug-likeness (QED) is 0.785. The average molecular weight is 357 g/mol. The molecule has 4 heteroatoms. The van der Waals surface area contributed by atoms with Crippen LogP contribution in [0.25, 0.3) is 0 Å². The molecular formula is C21H21ClO3. The smallest absolute Gasteiger partial charge is 0.193 e. The molecule has 0 saturated carbocycles. The molecule has 0 amide bonds. The van der Waals surface area contributed by atoms with Gasteiger partial charge in [0.05, 0.1) is 12.2 Å². The van der Waals surface area contributed by atoms with Gasteiger partial charge in [0, 0.05) is 29.4 Å². The van der Waals surface area contributed by atoms with E-state index in [9.17, 15) is 4.79 Å². The molecule has 1 aliphatic heterocycles. The van der Waals surface area contributed by atoms with Crippen molar-refractivity contribution in [3.8, 4) is 0 Å². The Bertz CT molecular complexity index is 769. The summed E-state index contributed by atoms with van der Waals surface area (Å²) >= 11 is 6.11. The van der Waals surface area contributed by atoms with Crippen molar-refractivity contribution in [1.82, 2.24) is 0 Å². The summed E-state index contributed by atoms with van der Waals surface area (Å²) < 4.78 is 11.6. The van der Waals surface area contributed by atoms with Gasteiger partial charge in [0.25, 0.3) is 0 Å². The van der Waals surface area contributed by atoms with Crippen LogP contribution in [0.3, 0.4) is 0 Å². The summed E-state index contributed by atoms with van der Waals surface area (Å²) in [4.78, 5) is 13.0. The van der Waals surface area contributed by atoms with Crippen LogP contribution in [0, 0.1) is 0 Å². The van der Waals surface area contributed by atoms with E-state index in [4.69, 9.17) is 21.1 Å². The maximum atomic E-state index is 13.0. The van der Waals surface area contributed by atoms with E-state index in [1.54, 1.807) is 6.07 Å². The summed E-state index contributed by atoms with van der Waals surface area (Å²) in [5.41, 5.74) is 3.63. The molecule has 1 heterocycles. The van der Waals surface area contributed by atoms with Gasteiger partial charge in [-0.05, 0) is 61.1 Å². The fourth-order valence-corrected chi connectivity index (χ4v) is 3.87. The molecule has 0 radical (unpaired) electrons. The van der Waals surface area contributed by atoms with Crippen molar-refractivity contribution in [3.63, 3.8) is 0 Å². The molecule has 1 saturated heterocycles. The topological polar surface area (TPSA) is 35.5 Å². The highest BCUT2D eigenvalue weighted by Crippen LogP contribution is 2.32. The van der Waals surface area contributed by atoms with E-state index >= 15 is 0 Å². The molecule has 0 N–H and O–H groups in total. The third-order valence-corrected chi connectivity index (χ3v) is 5.25. The molecule has 1 unspecified atom stereocenters. The third kappa shape index (κ3) is 3.64. The average Bonchev–Trinajstić information content (AvgIpc) is 2.88. The van der Waals surface area contributed by atoms with Gasteiger partial charge in [-0.2, -0.15) is 0 Å². The number of benzene rings is 1. The summed E-state index contributed by atoms with van der Waals surface area (Å²) in [5, 5.41) is 0.678. The zero-order valence-electron chi connectivity index (χ0n) is 14.0. The number of aryl methyl sites for hydroxylation is 1. The number of carbonyl (C=O) groups is 1. The first-order valence-electron chi connectivity index (χ1n) is 8.86. The molecule has 1 aromatic rings. The van der Waals surface area contributed by atoms with Gasteiger partial charge in [-0.3, -0.25) is 4.79 Å². The second kappa shape index (κ2) is 7.28. The molecule has 25 heavy (non-hydrogen) atoms. The summed E-state index contributed by atoms with van der Waals surface area (Å²) in [6.07, 6.45) is 11.6. The Morgan fingerprint density at radius 2 is 2.00 bits per heavy atom. The van der Waals surface area contributed by atoms with Crippen molar-refractivity contribution in [3.05, 3.63) is 69.8 Å². The second-order valence-corrected chi connectivity index (χ2v) is 7.14. The van der Waals surface area contributed by atoms with Gasteiger partial charge in [-0.25, -0.2) is 0 Å². The number of hydrogen-bond donors (Lipinski definition) is 0. The first-order valence-corrected chi connectivity index (χ1v) is 9.24. The lowest BCUT2D eigenvalue weighted by atomic mass is 9.97. The van der Waals surface area contributed by atoms with Crippen LogP contribution in [-0.4, -0.2) is 31.2 Å². The Morgan fingerprint density at radius 3 is 2.84 bits per heavy atom. The van der Waals surface area contributed by atoms with E-state index in [1.807, 2.05) is 30.4 Å². The predicted octanol–water partition coefficient (Wildman–Crippen LogP) is 4.46. The lowest BCUT2D eigenvalue weighted by Crippen LogP contribution is -2.27.